The van der Waals surface area contributed by atoms with Gasteiger partial charge in [0.15, 0.2) is 11.5 Å². The van der Waals surface area contributed by atoms with Crippen LogP contribution in [0.5, 0.6) is 0 Å². The van der Waals surface area contributed by atoms with Gasteiger partial charge in [-0.1, -0.05) is 29.4 Å². The van der Waals surface area contributed by atoms with E-state index in [4.69, 9.17) is 10.4 Å². The molecule has 1 aromatic carbocycles. The van der Waals surface area contributed by atoms with Gasteiger partial charge < -0.3 is 4.52 Å². The Hall–Kier alpha value is -2.18. The third-order valence-electron chi connectivity index (χ3n) is 3.51. The lowest BCUT2D eigenvalue weighted by Gasteiger charge is -2.27. The number of nitrogens with two attached hydrogens (primary N) is 1. The molecule has 0 unspecified atom stereocenters. The van der Waals surface area contributed by atoms with Gasteiger partial charge >= 0.3 is 0 Å². The minimum absolute atomic E-state index is 0.208. The highest BCUT2D eigenvalue weighted by molar-refractivity contribution is 5.91. The molecule has 1 aliphatic rings. The Bertz CT molecular complexity index is 623. The number of hydrogen-bond donors (Lipinski definition) is 2. The van der Waals surface area contributed by atoms with Crippen molar-refractivity contribution in [1.82, 2.24) is 15.5 Å². The molecule has 6 nitrogen and oxygen atoms in total. The molecule has 2 aromatic rings. The average molecular weight is 272 g/mol. The second kappa shape index (κ2) is 5.44. The molecule has 1 aromatic heterocycles. The highest BCUT2D eigenvalue weighted by Gasteiger charge is 2.18. The summed E-state index contributed by atoms with van der Waals surface area (Å²) in [6.45, 7) is 2.49. The average Bonchev–Trinajstić information content (AvgIpc) is 2.95. The molecule has 104 valence electrons. The maximum absolute atomic E-state index is 11.3. The van der Waals surface area contributed by atoms with Gasteiger partial charge in [-0.05, 0) is 17.5 Å². The van der Waals surface area contributed by atoms with Crippen molar-refractivity contribution in [3.05, 3.63) is 52.9 Å². The second-order valence-electron chi connectivity index (χ2n) is 4.88. The van der Waals surface area contributed by atoms with Crippen LogP contribution in [-0.4, -0.2) is 22.5 Å². The van der Waals surface area contributed by atoms with Gasteiger partial charge in [-0.2, -0.15) is 0 Å². The van der Waals surface area contributed by atoms with E-state index in [1.165, 1.54) is 11.1 Å². The van der Waals surface area contributed by atoms with Crippen LogP contribution in [0.15, 0.2) is 34.9 Å². The molecule has 0 bridgehead atoms. The molecule has 0 atom stereocenters. The number of fused-ring (bicyclic) bond motifs is 1. The Morgan fingerprint density at radius 3 is 3.00 bits per heavy atom. The van der Waals surface area contributed by atoms with E-state index in [1.54, 1.807) is 6.07 Å². The number of nitrogen functional groups attached to an aromatic ring is 1. The SMILES string of the molecule is NNC(=O)c1cc(CN2CCc3ccccc3C2)on1. The van der Waals surface area contributed by atoms with Crippen molar-refractivity contribution < 1.29 is 9.32 Å². The first-order valence-electron chi connectivity index (χ1n) is 6.52. The first-order chi connectivity index (χ1) is 9.76. The van der Waals surface area contributed by atoms with E-state index in [2.05, 4.69) is 34.3 Å². The van der Waals surface area contributed by atoms with Gasteiger partial charge in [0.25, 0.3) is 5.91 Å². The molecule has 1 aliphatic heterocycles. The Labute approximate surface area is 116 Å². The number of rotatable bonds is 3. The summed E-state index contributed by atoms with van der Waals surface area (Å²) in [5.41, 5.74) is 5.00. The molecule has 0 aliphatic carbocycles. The zero-order valence-corrected chi connectivity index (χ0v) is 11.0. The molecule has 0 spiro atoms. The first kappa shape index (κ1) is 12.8. The van der Waals surface area contributed by atoms with Crippen molar-refractivity contribution in [2.45, 2.75) is 19.5 Å². The summed E-state index contributed by atoms with van der Waals surface area (Å²) in [7, 11) is 0. The maximum atomic E-state index is 11.3. The lowest BCUT2D eigenvalue weighted by molar-refractivity contribution is 0.0944. The first-order valence-corrected chi connectivity index (χ1v) is 6.52. The smallest absolute Gasteiger partial charge is 0.287 e. The van der Waals surface area contributed by atoms with Crippen LogP contribution in [0.3, 0.4) is 0 Å². The van der Waals surface area contributed by atoms with Gasteiger partial charge in [0.1, 0.15) is 0 Å². The monoisotopic (exact) mass is 272 g/mol. The molecule has 6 heteroatoms. The van der Waals surface area contributed by atoms with E-state index in [0.717, 1.165) is 19.5 Å². The summed E-state index contributed by atoms with van der Waals surface area (Å²) in [5.74, 6) is 5.29. The third-order valence-corrected chi connectivity index (χ3v) is 3.51. The standard InChI is InChI=1S/C14H16N4O2/c15-16-14(19)13-7-12(20-17-13)9-18-6-5-10-3-1-2-4-11(10)8-18/h1-4,7H,5-6,8-9,15H2,(H,16,19). The van der Waals surface area contributed by atoms with Crippen LogP contribution >= 0.6 is 0 Å². The van der Waals surface area contributed by atoms with Gasteiger partial charge in [-0.3, -0.25) is 15.1 Å². The fraction of sp³-hybridized carbons (Fsp3) is 0.286. The molecule has 3 N–H and O–H groups in total. The van der Waals surface area contributed by atoms with Crippen LogP contribution in [0, 0.1) is 0 Å². The van der Waals surface area contributed by atoms with Crippen LogP contribution in [0.2, 0.25) is 0 Å². The predicted octanol–water partition coefficient (Wildman–Crippen LogP) is 0.836. The summed E-state index contributed by atoms with van der Waals surface area (Å²) in [6.07, 6.45) is 1.03. The summed E-state index contributed by atoms with van der Waals surface area (Å²) in [6, 6.07) is 10.1. The van der Waals surface area contributed by atoms with Crippen LogP contribution in [0.25, 0.3) is 0 Å². The molecule has 0 saturated carbocycles. The molecule has 0 saturated heterocycles. The molecule has 1 amide bonds. The van der Waals surface area contributed by atoms with Crippen molar-refractivity contribution in [2.24, 2.45) is 5.84 Å². The van der Waals surface area contributed by atoms with Crippen molar-refractivity contribution >= 4 is 5.91 Å². The molecule has 3 rings (SSSR count). The van der Waals surface area contributed by atoms with Crippen molar-refractivity contribution in [1.29, 1.82) is 0 Å². The zero-order valence-electron chi connectivity index (χ0n) is 11.0. The van der Waals surface area contributed by atoms with Gasteiger partial charge in [-0.25, -0.2) is 5.84 Å². The summed E-state index contributed by atoms with van der Waals surface area (Å²) in [5, 5.41) is 3.70. The van der Waals surface area contributed by atoms with Crippen molar-refractivity contribution in [3.8, 4) is 0 Å². The maximum Gasteiger partial charge on any atom is 0.287 e. The van der Waals surface area contributed by atoms with Gasteiger partial charge in [0, 0.05) is 19.2 Å². The van der Waals surface area contributed by atoms with Crippen LogP contribution < -0.4 is 11.3 Å². The Balaban J connectivity index is 1.68. The minimum Gasteiger partial charge on any atom is -0.359 e. The zero-order chi connectivity index (χ0) is 13.9. The number of hydrogen-bond acceptors (Lipinski definition) is 5. The number of amides is 1. The van der Waals surface area contributed by atoms with E-state index in [9.17, 15) is 4.79 Å². The van der Waals surface area contributed by atoms with Crippen LogP contribution in [0.4, 0.5) is 0 Å². The lowest BCUT2D eigenvalue weighted by Crippen LogP contribution is -2.30. The van der Waals surface area contributed by atoms with Gasteiger partial charge in [0.05, 0.1) is 6.54 Å². The molecular weight excluding hydrogens is 256 g/mol. The summed E-state index contributed by atoms with van der Waals surface area (Å²) >= 11 is 0. The number of carbonyl (C=O) groups is 1. The van der Waals surface area contributed by atoms with E-state index in [-0.39, 0.29) is 5.69 Å². The summed E-state index contributed by atoms with van der Waals surface area (Å²) < 4.78 is 5.17. The Morgan fingerprint density at radius 1 is 1.40 bits per heavy atom. The van der Waals surface area contributed by atoms with Crippen molar-refractivity contribution in [2.75, 3.05) is 6.54 Å². The van der Waals surface area contributed by atoms with Gasteiger partial charge in [-0.15, -0.1) is 0 Å². The molecule has 0 radical (unpaired) electrons. The number of nitrogens with zero attached hydrogens (tertiary/aromatic N) is 2. The van der Waals surface area contributed by atoms with E-state index in [0.29, 0.717) is 12.3 Å². The number of nitrogens with one attached hydrogen (secondary N) is 1. The molecule has 0 fully saturated rings. The number of carbonyl (C=O) groups excluding carboxylic acids is 1. The van der Waals surface area contributed by atoms with E-state index >= 15 is 0 Å². The second-order valence-corrected chi connectivity index (χ2v) is 4.88. The third kappa shape index (κ3) is 2.56. The number of benzene rings is 1. The Kier molecular flexibility index (Phi) is 3.49. The Morgan fingerprint density at radius 2 is 2.20 bits per heavy atom. The fourth-order valence-electron chi connectivity index (χ4n) is 2.48. The predicted molar refractivity (Wildman–Crippen MR) is 72.4 cm³/mol. The van der Waals surface area contributed by atoms with Crippen LogP contribution in [-0.2, 0) is 19.5 Å². The fourth-order valence-corrected chi connectivity index (χ4v) is 2.48. The number of aromatic nitrogens is 1. The lowest BCUT2D eigenvalue weighted by atomic mass is 10.00. The highest BCUT2D eigenvalue weighted by atomic mass is 16.5. The topological polar surface area (TPSA) is 84.4 Å². The number of hydrazine groups is 1. The molecule has 2 heterocycles. The van der Waals surface area contributed by atoms with Crippen LogP contribution in [0.1, 0.15) is 27.4 Å². The summed E-state index contributed by atoms with van der Waals surface area (Å²) in [4.78, 5) is 13.6. The van der Waals surface area contributed by atoms with E-state index in [1.807, 2.05) is 5.43 Å². The van der Waals surface area contributed by atoms with Crippen molar-refractivity contribution in [3.63, 3.8) is 0 Å². The molecule has 20 heavy (non-hydrogen) atoms. The van der Waals surface area contributed by atoms with Gasteiger partial charge in [0.2, 0.25) is 0 Å². The highest BCUT2D eigenvalue weighted by Crippen LogP contribution is 2.20. The quantitative estimate of drug-likeness (QED) is 0.491. The largest absolute Gasteiger partial charge is 0.359 e. The molecular formula is C14H16N4O2. The van der Waals surface area contributed by atoms with E-state index < -0.39 is 5.91 Å². The normalized spacial score (nSPS) is 14.8. The minimum atomic E-state index is -0.441.